The van der Waals surface area contributed by atoms with Gasteiger partial charge in [-0.1, -0.05) is 29.8 Å². The summed E-state index contributed by atoms with van der Waals surface area (Å²) in [5, 5.41) is 9.43. The van der Waals surface area contributed by atoms with Gasteiger partial charge in [-0.05, 0) is 34.1 Å². The number of aliphatic hydroxyl groups excluding tert-OH is 1. The van der Waals surface area contributed by atoms with Crippen LogP contribution in [0.4, 0.5) is 0 Å². The highest BCUT2D eigenvalue weighted by Crippen LogP contribution is 2.33. The molecular weight excluding hydrogens is 388 g/mol. The summed E-state index contributed by atoms with van der Waals surface area (Å²) >= 11 is 6.82. The van der Waals surface area contributed by atoms with Gasteiger partial charge in [-0.25, -0.2) is 9.97 Å². The summed E-state index contributed by atoms with van der Waals surface area (Å²) in [5.74, 6) is 1.99. The van der Waals surface area contributed by atoms with Crippen molar-refractivity contribution in [2.75, 3.05) is 0 Å². The molecule has 1 aromatic carbocycles. The third kappa shape index (κ3) is 3.56. The van der Waals surface area contributed by atoms with Crippen LogP contribution in [-0.2, 0) is 6.61 Å². The highest BCUT2D eigenvalue weighted by Gasteiger charge is 2.12. The normalized spacial score (nSPS) is 10.9. The van der Waals surface area contributed by atoms with Gasteiger partial charge in [-0.3, -0.25) is 0 Å². The minimum atomic E-state index is -0.189. The Balaban J connectivity index is 2.33. The smallest absolute Gasteiger partial charge is 0.169 e. The number of nitrogens with zero attached hydrogens (tertiary/aromatic N) is 2. The maximum absolute atomic E-state index is 9.43. The van der Waals surface area contributed by atoms with E-state index in [1.165, 1.54) is 0 Å². The standard InChI is InChI=1S/C14H14Br2N2O2/c1-8(2)14-17-6-13(11(7-19)18-14)20-12-4-3-9(15)5-10(12)16/h3-6,8,19H,7H2,1-2H3. The minimum absolute atomic E-state index is 0.189. The number of ether oxygens (including phenoxy) is 1. The zero-order chi connectivity index (χ0) is 14.7. The van der Waals surface area contributed by atoms with E-state index in [9.17, 15) is 5.11 Å². The van der Waals surface area contributed by atoms with Gasteiger partial charge in [0, 0.05) is 10.4 Å². The topological polar surface area (TPSA) is 55.2 Å². The van der Waals surface area contributed by atoms with Gasteiger partial charge in [0.2, 0.25) is 0 Å². The van der Waals surface area contributed by atoms with E-state index < -0.39 is 0 Å². The number of aliphatic hydroxyl groups is 1. The van der Waals surface area contributed by atoms with Gasteiger partial charge >= 0.3 is 0 Å². The summed E-state index contributed by atoms with van der Waals surface area (Å²) < 4.78 is 7.53. The lowest BCUT2D eigenvalue weighted by molar-refractivity contribution is 0.269. The molecule has 0 amide bonds. The zero-order valence-electron chi connectivity index (χ0n) is 11.1. The van der Waals surface area contributed by atoms with Crippen molar-refractivity contribution < 1.29 is 9.84 Å². The van der Waals surface area contributed by atoms with Crippen molar-refractivity contribution in [3.05, 3.63) is 44.9 Å². The maximum Gasteiger partial charge on any atom is 0.169 e. The molecule has 0 atom stereocenters. The molecule has 106 valence electrons. The Morgan fingerprint density at radius 3 is 2.60 bits per heavy atom. The van der Waals surface area contributed by atoms with Crippen LogP contribution in [0.2, 0.25) is 0 Å². The second-order valence-corrected chi connectivity index (χ2v) is 6.30. The Morgan fingerprint density at radius 1 is 1.25 bits per heavy atom. The van der Waals surface area contributed by atoms with Crippen molar-refractivity contribution >= 4 is 31.9 Å². The molecule has 0 bridgehead atoms. The molecule has 1 heterocycles. The van der Waals surface area contributed by atoms with Crippen LogP contribution in [0.3, 0.4) is 0 Å². The average Bonchev–Trinajstić information content (AvgIpc) is 2.42. The van der Waals surface area contributed by atoms with Crippen molar-refractivity contribution in [3.8, 4) is 11.5 Å². The molecule has 20 heavy (non-hydrogen) atoms. The first kappa shape index (κ1) is 15.4. The lowest BCUT2D eigenvalue weighted by Crippen LogP contribution is -2.03. The van der Waals surface area contributed by atoms with E-state index in [4.69, 9.17) is 4.74 Å². The second-order valence-electron chi connectivity index (χ2n) is 4.53. The molecule has 1 N–H and O–H groups in total. The number of halogens is 2. The lowest BCUT2D eigenvalue weighted by atomic mass is 10.2. The first-order chi connectivity index (χ1) is 9.51. The van der Waals surface area contributed by atoms with Crippen molar-refractivity contribution in [3.63, 3.8) is 0 Å². The number of benzene rings is 1. The Hall–Kier alpha value is -0.980. The Bertz CT molecular complexity index is 618. The SMILES string of the molecule is CC(C)c1ncc(Oc2ccc(Br)cc2Br)c(CO)n1. The number of rotatable bonds is 4. The average molecular weight is 402 g/mol. The number of hydrogen-bond acceptors (Lipinski definition) is 4. The fourth-order valence-corrected chi connectivity index (χ4v) is 2.70. The van der Waals surface area contributed by atoms with Crippen molar-refractivity contribution in [1.29, 1.82) is 0 Å². The molecule has 0 unspecified atom stereocenters. The molecule has 0 radical (unpaired) electrons. The highest BCUT2D eigenvalue weighted by molar-refractivity contribution is 9.11. The maximum atomic E-state index is 9.43. The van der Waals surface area contributed by atoms with Gasteiger partial charge in [0.1, 0.15) is 17.3 Å². The van der Waals surface area contributed by atoms with E-state index in [2.05, 4.69) is 41.8 Å². The van der Waals surface area contributed by atoms with Gasteiger partial charge in [0.15, 0.2) is 5.75 Å². The van der Waals surface area contributed by atoms with E-state index in [0.29, 0.717) is 23.0 Å². The minimum Gasteiger partial charge on any atom is -0.453 e. The third-order valence-electron chi connectivity index (χ3n) is 2.63. The molecule has 0 saturated carbocycles. The molecule has 6 heteroatoms. The van der Waals surface area contributed by atoms with Gasteiger partial charge < -0.3 is 9.84 Å². The van der Waals surface area contributed by atoms with Gasteiger partial charge in [0.05, 0.1) is 17.3 Å². The van der Waals surface area contributed by atoms with Crippen molar-refractivity contribution in [2.45, 2.75) is 26.4 Å². The Labute approximate surface area is 134 Å². The van der Waals surface area contributed by atoms with Gasteiger partial charge in [-0.15, -0.1) is 0 Å². The monoisotopic (exact) mass is 400 g/mol. The molecule has 2 rings (SSSR count). The summed E-state index contributed by atoms with van der Waals surface area (Å²) in [6.07, 6.45) is 1.60. The number of aromatic nitrogens is 2. The second kappa shape index (κ2) is 6.65. The molecule has 4 nitrogen and oxygen atoms in total. The lowest BCUT2D eigenvalue weighted by Gasteiger charge is -2.12. The summed E-state index contributed by atoms with van der Waals surface area (Å²) in [5.41, 5.74) is 0.485. The molecular formula is C14H14Br2N2O2. The first-order valence-corrected chi connectivity index (χ1v) is 7.69. The van der Waals surface area contributed by atoms with Gasteiger partial charge in [0.25, 0.3) is 0 Å². The quantitative estimate of drug-likeness (QED) is 0.824. The van der Waals surface area contributed by atoms with Crippen LogP contribution in [0.1, 0.15) is 31.3 Å². The fourth-order valence-electron chi connectivity index (χ4n) is 1.57. The van der Waals surface area contributed by atoms with Gasteiger partial charge in [-0.2, -0.15) is 0 Å². The van der Waals surface area contributed by atoms with Crippen LogP contribution in [0.25, 0.3) is 0 Å². The van der Waals surface area contributed by atoms with E-state index in [1.807, 2.05) is 32.0 Å². The number of hydrogen-bond donors (Lipinski definition) is 1. The van der Waals surface area contributed by atoms with Crippen molar-refractivity contribution in [2.24, 2.45) is 0 Å². The molecule has 0 aliphatic heterocycles. The summed E-state index contributed by atoms with van der Waals surface area (Å²) in [6.45, 7) is 3.82. The third-order valence-corrected chi connectivity index (χ3v) is 3.74. The van der Waals surface area contributed by atoms with E-state index >= 15 is 0 Å². The van der Waals surface area contributed by atoms with E-state index in [1.54, 1.807) is 6.20 Å². The molecule has 1 aromatic heterocycles. The molecule has 0 aliphatic rings. The van der Waals surface area contributed by atoms with Crippen molar-refractivity contribution in [1.82, 2.24) is 9.97 Å². The molecule has 0 saturated heterocycles. The van der Waals surface area contributed by atoms with Crippen LogP contribution in [-0.4, -0.2) is 15.1 Å². The summed E-state index contributed by atoms with van der Waals surface area (Å²) in [7, 11) is 0. The fraction of sp³-hybridized carbons (Fsp3) is 0.286. The molecule has 2 aromatic rings. The zero-order valence-corrected chi connectivity index (χ0v) is 14.3. The first-order valence-electron chi connectivity index (χ1n) is 6.11. The molecule has 0 aliphatic carbocycles. The van der Waals surface area contributed by atoms with Crippen LogP contribution < -0.4 is 4.74 Å². The summed E-state index contributed by atoms with van der Waals surface area (Å²) in [4.78, 5) is 8.58. The molecule has 0 fully saturated rings. The predicted octanol–water partition coefficient (Wildman–Crippen LogP) is 4.41. The van der Waals surface area contributed by atoms with Crippen LogP contribution >= 0.6 is 31.9 Å². The molecule has 0 spiro atoms. The highest BCUT2D eigenvalue weighted by atomic mass is 79.9. The Morgan fingerprint density at radius 2 is 2.00 bits per heavy atom. The largest absolute Gasteiger partial charge is 0.453 e. The van der Waals surface area contributed by atoms with E-state index in [-0.39, 0.29) is 12.5 Å². The van der Waals surface area contributed by atoms with Crippen LogP contribution in [0.5, 0.6) is 11.5 Å². The summed E-state index contributed by atoms with van der Waals surface area (Å²) in [6, 6.07) is 5.59. The Kier molecular flexibility index (Phi) is 5.12. The van der Waals surface area contributed by atoms with Crippen LogP contribution in [0.15, 0.2) is 33.3 Å². The van der Waals surface area contributed by atoms with Crippen LogP contribution in [0, 0.1) is 0 Å². The predicted molar refractivity (Wildman–Crippen MR) is 84.0 cm³/mol. The van der Waals surface area contributed by atoms with E-state index in [0.717, 1.165) is 8.95 Å².